The lowest BCUT2D eigenvalue weighted by Gasteiger charge is -2.07. The highest BCUT2D eigenvalue weighted by Gasteiger charge is 2.05. The second-order valence-corrected chi connectivity index (χ2v) is 6.17. The first kappa shape index (κ1) is 15.6. The number of hydrogen-bond donors (Lipinski definition) is 1. The van der Waals surface area contributed by atoms with Crippen molar-refractivity contribution < 1.29 is 9.18 Å². The van der Waals surface area contributed by atoms with E-state index < -0.39 is 0 Å². The Morgan fingerprint density at radius 1 is 0.957 bits per heavy atom. The summed E-state index contributed by atoms with van der Waals surface area (Å²) < 4.78 is 12.8. The fourth-order valence-electron chi connectivity index (χ4n) is 2.40. The van der Waals surface area contributed by atoms with E-state index in [2.05, 4.69) is 29.6 Å². The molecule has 0 saturated heterocycles. The van der Waals surface area contributed by atoms with Crippen LogP contribution in [0, 0.1) is 5.82 Å². The van der Waals surface area contributed by atoms with Crippen LogP contribution in [0.15, 0.2) is 66.7 Å². The predicted molar refractivity (Wildman–Crippen MR) is 95.1 cm³/mol. The van der Waals surface area contributed by atoms with E-state index in [0.717, 1.165) is 5.75 Å². The van der Waals surface area contributed by atoms with Crippen LogP contribution in [-0.2, 0) is 10.5 Å². The number of halogens is 1. The van der Waals surface area contributed by atoms with Crippen molar-refractivity contribution in [3.05, 3.63) is 78.1 Å². The molecule has 0 aliphatic rings. The van der Waals surface area contributed by atoms with Gasteiger partial charge in [0.1, 0.15) is 5.82 Å². The van der Waals surface area contributed by atoms with E-state index in [-0.39, 0.29) is 11.7 Å². The smallest absolute Gasteiger partial charge is 0.234 e. The summed E-state index contributed by atoms with van der Waals surface area (Å²) >= 11 is 1.57. The second kappa shape index (κ2) is 7.29. The molecule has 1 N–H and O–H groups in total. The van der Waals surface area contributed by atoms with Crippen molar-refractivity contribution in [3.63, 3.8) is 0 Å². The molecule has 23 heavy (non-hydrogen) atoms. The number of nitrogens with one attached hydrogen (secondary N) is 1. The average Bonchev–Trinajstić information content (AvgIpc) is 2.57. The van der Waals surface area contributed by atoms with Crippen molar-refractivity contribution in [2.45, 2.75) is 5.75 Å². The van der Waals surface area contributed by atoms with E-state index >= 15 is 0 Å². The Morgan fingerprint density at radius 2 is 1.70 bits per heavy atom. The van der Waals surface area contributed by atoms with Crippen molar-refractivity contribution in [3.8, 4) is 0 Å². The lowest BCUT2D eigenvalue weighted by Crippen LogP contribution is -2.14. The lowest BCUT2D eigenvalue weighted by molar-refractivity contribution is -0.113. The minimum Gasteiger partial charge on any atom is -0.325 e. The monoisotopic (exact) mass is 325 g/mol. The number of fused-ring (bicyclic) bond motifs is 1. The van der Waals surface area contributed by atoms with Crippen LogP contribution in [0.1, 0.15) is 5.56 Å². The van der Waals surface area contributed by atoms with Gasteiger partial charge in [-0.3, -0.25) is 4.79 Å². The quantitative estimate of drug-likeness (QED) is 0.726. The Kier molecular flexibility index (Phi) is 4.93. The second-order valence-electron chi connectivity index (χ2n) is 5.19. The maximum Gasteiger partial charge on any atom is 0.234 e. The Balaban J connectivity index is 1.56. The first-order valence-corrected chi connectivity index (χ1v) is 8.47. The normalized spacial score (nSPS) is 10.7. The largest absolute Gasteiger partial charge is 0.325 e. The molecule has 0 aromatic heterocycles. The zero-order chi connectivity index (χ0) is 16.1. The first-order chi connectivity index (χ1) is 11.2. The molecule has 0 fully saturated rings. The summed E-state index contributed by atoms with van der Waals surface area (Å²) in [5.74, 6) is 0.744. The number of carbonyl (C=O) groups is 1. The van der Waals surface area contributed by atoms with E-state index in [1.165, 1.54) is 28.5 Å². The van der Waals surface area contributed by atoms with Crippen LogP contribution in [0.5, 0.6) is 0 Å². The van der Waals surface area contributed by atoms with Gasteiger partial charge in [-0.15, -0.1) is 11.8 Å². The Bertz CT molecular complexity index is 812. The number of benzene rings is 3. The van der Waals surface area contributed by atoms with E-state index in [0.29, 0.717) is 11.4 Å². The van der Waals surface area contributed by atoms with Crippen molar-refractivity contribution in [1.82, 2.24) is 0 Å². The molecule has 2 nitrogen and oxygen atoms in total. The van der Waals surface area contributed by atoms with Crippen molar-refractivity contribution in [2.24, 2.45) is 0 Å². The summed E-state index contributed by atoms with van der Waals surface area (Å²) in [4.78, 5) is 11.9. The molecule has 0 spiro atoms. The summed E-state index contributed by atoms with van der Waals surface area (Å²) in [6, 6.07) is 20.2. The molecule has 3 aromatic rings. The zero-order valence-corrected chi connectivity index (χ0v) is 13.3. The molecule has 3 aromatic carbocycles. The number of thioether (sulfide) groups is 1. The first-order valence-electron chi connectivity index (χ1n) is 7.32. The van der Waals surface area contributed by atoms with E-state index in [4.69, 9.17) is 0 Å². The highest BCUT2D eigenvalue weighted by molar-refractivity contribution is 7.99. The summed E-state index contributed by atoms with van der Waals surface area (Å²) in [5.41, 5.74) is 1.84. The number of carbonyl (C=O) groups excluding carboxylic acids is 1. The fraction of sp³-hybridized carbons (Fsp3) is 0.105. The maximum absolute atomic E-state index is 12.8. The third kappa shape index (κ3) is 4.11. The molecule has 0 aliphatic heterocycles. The van der Waals surface area contributed by atoms with Crippen LogP contribution in [0.4, 0.5) is 10.1 Å². The Labute approximate surface area is 138 Å². The minimum atomic E-state index is -0.312. The van der Waals surface area contributed by atoms with Gasteiger partial charge in [-0.05, 0) is 40.6 Å². The van der Waals surface area contributed by atoms with Gasteiger partial charge in [0.2, 0.25) is 5.91 Å². The molecule has 3 rings (SSSR count). The minimum absolute atomic E-state index is 0.0816. The number of amides is 1. The summed E-state index contributed by atoms with van der Waals surface area (Å²) in [7, 11) is 0. The molecule has 0 saturated carbocycles. The summed E-state index contributed by atoms with van der Waals surface area (Å²) in [6.45, 7) is 0. The van der Waals surface area contributed by atoms with Crippen LogP contribution in [-0.4, -0.2) is 11.7 Å². The zero-order valence-electron chi connectivity index (χ0n) is 12.5. The third-order valence-corrected chi connectivity index (χ3v) is 4.48. The standard InChI is InChI=1S/C19H16FNOS/c20-16-8-10-17(11-9-16)21-19(22)13-23-12-15-6-3-5-14-4-1-2-7-18(14)15/h1-11H,12-13H2,(H,21,22). The van der Waals surface area contributed by atoms with Crippen LogP contribution in [0.25, 0.3) is 10.8 Å². The molecule has 0 bridgehead atoms. The van der Waals surface area contributed by atoms with E-state index in [9.17, 15) is 9.18 Å². The van der Waals surface area contributed by atoms with Gasteiger partial charge in [-0.25, -0.2) is 4.39 Å². The Hall–Kier alpha value is -2.33. The van der Waals surface area contributed by atoms with Crippen LogP contribution in [0.3, 0.4) is 0 Å². The average molecular weight is 325 g/mol. The van der Waals surface area contributed by atoms with Crippen molar-refractivity contribution >= 4 is 34.1 Å². The number of anilines is 1. The van der Waals surface area contributed by atoms with E-state index in [1.54, 1.807) is 23.9 Å². The fourth-order valence-corrected chi connectivity index (χ4v) is 3.23. The summed E-state index contributed by atoms with van der Waals surface area (Å²) in [6.07, 6.45) is 0. The summed E-state index contributed by atoms with van der Waals surface area (Å²) in [5, 5.41) is 5.20. The molecule has 0 heterocycles. The molecule has 1 amide bonds. The maximum atomic E-state index is 12.8. The van der Waals surface area contributed by atoms with Gasteiger partial charge in [0.05, 0.1) is 5.75 Å². The van der Waals surface area contributed by atoms with Crippen LogP contribution >= 0.6 is 11.8 Å². The molecule has 0 atom stereocenters. The molecule has 0 unspecified atom stereocenters. The van der Waals surface area contributed by atoms with Gasteiger partial charge in [0, 0.05) is 11.4 Å². The highest BCUT2D eigenvalue weighted by atomic mass is 32.2. The molecular formula is C19H16FNOS. The number of rotatable bonds is 5. The molecule has 0 radical (unpaired) electrons. The van der Waals surface area contributed by atoms with Gasteiger partial charge in [0.15, 0.2) is 0 Å². The van der Waals surface area contributed by atoms with Crippen molar-refractivity contribution in [1.29, 1.82) is 0 Å². The van der Waals surface area contributed by atoms with Gasteiger partial charge in [-0.1, -0.05) is 42.5 Å². The number of hydrogen-bond acceptors (Lipinski definition) is 2. The van der Waals surface area contributed by atoms with Crippen molar-refractivity contribution in [2.75, 3.05) is 11.1 Å². The highest BCUT2D eigenvalue weighted by Crippen LogP contribution is 2.22. The van der Waals surface area contributed by atoms with Crippen LogP contribution in [0.2, 0.25) is 0 Å². The SMILES string of the molecule is O=C(CSCc1cccc2ccccc12)Nc1ccc(F)cc1. The van der Waals surface area contributed by atoms with Gasteiger partial charge in [0.25, 0.3) is 0 Å². The molecule has 0 aliphatic carbocycles. The molecular weight excluding hydrogens is 309 g/mol. The van der Waals surface area contributed by atoms with Gasteiger partial charge >= 0.3 is 0 Å². The predicted octanol–water partition coefficient (Wildman–Crippen LogP) is 4.85. The molecule has 4 heteroatoms. The Morgan fingerprint density at radius 3 is 2.52 bits per heavy atom. The van der Waals surface area contributed by atoms with E-state index in [1.807, 2.05) is 18.2 Å². The topological polar surface area (TPSA) is 29.1 Å². The third-order valence-electron chi connectivity index (χ3n) is 3.50. The van der Waals surface area contributed by atoms with Crippen LogP contribution < -0.4 is 5.32 Å². The van der Waals surface area contributed by atoms with Gasteiger partial charge < -0.3 is 5.32 Å². The lowest BCUT2D eigenvalue weighted by atomic mass is 10.1. The van der Waals surface area contributed by atoms with Gasteiger partial charge in [-0.2, -0.15) is 0 Å². The molecule has 116 valence electrons.